The van der Waals surface area contributed by atoms with Gasteiger partial charge in [-0.2, -0.15) is 0 Å². The number of piperazine rings is 1. The Morgan fingerprint density at radius 2 is 2.06 bits per heavy atom. The summed E-state index contributed by atoms with van der Waals surface area (Å²) < 4.78 is 0.953. The molecule has 0 aliphatic carbocycles. The second kappa shape index (κ2) is 5.97. The highest BCUT2D eigenvalue weighted by Gasteiger charge is 2.23. The third-order valence-electron chi connectivity index (χ3n) is 2.65. The predicted octanol–water partition coefficient (Wildman–Crippen LogP) is 0.866. The van der Waals surface area contributed by atoms with E-state index in [1.807, 2.05) is 12.1 Å². The van der Waals surface area contributed by atoms with Crippen molar-refractivity contribution in [2.24, 2.45) is 0 Å². The van der Waals surface area contributed by atoms with E-state index in [2.05, 4.69) is 31.9 Å². The van der Waals surface area contributed by atoms with Gasteiger partial charge in [-0.1, -0.05) is 15.9 Å². The lowest BCUT2D eigenvalue weighted by molar-refractivity contribution is -0.127. The number of hydrogen-bond donors (Lipinski definition) is 3. The van der Waals surface area contributed by atoms with Crippen molar-refractivity contribution < 1.29 is 9.59 Å². The summed E-state index contributed by atoms with van der Waals surface area (Å²) in [7, 11) is 0. The minimum Gasteiger partial charge on any atom is -0.353 e. The SMILES string of the molecule is O=C(C[C@H]1NCCNC1=O)Nc1ccc(Br)cc1. The Hall–Kier alpha value is -1.40. The first-order valence-corrected chi connectivity index (χ1v) is 6.51. The maximum absolute atomic E-state index is 11.8. The Morgan fingerprint density at radius 3 is 2.72 bits per heavy atom. The smallest absolute Gasteiger partial charge is 0.237 e. The van der Waals surface area contributed by atoms with Gasteiger partial charge in [0.15, 0.2) is 0 Å². The number of carbonyl (C=O) groups is 2. The molecule has 5 nitrogen and oxygen atoms in total. The molecule has 0 saturated carbocycles. The molecule has 2 rings (SSSR count). The van der Waals surface area contributed by atoms with E-state index >= 15 is 0 Å². The lowest BCUT2D eigenvalue weighted by atomic mass is 10.1. The van der Waals surface area contributed by atoms with Crippen molar-refractivity contribution in [3.05, 3.63) is 28.7 Å². The molecule has 0 aromatic heterocycles. The number of benzene rings is 1. The van der Waals surface area contributed by atoms with E-state index < -0.39 is 6.04 Å². The van der Waals surface area contributed by atoms with Crippen molar-refractivity contribution in [1.29, 1.82) is 0 Å². The average molecular weight is 312 g/mol. The maximum atomic E-state index is 11.8. The average Bonchev–Trinajstić information content (AvgIpc) is 2.35. The van der Waals surface area contributed by atoms with E-state index in [0.717, 1.165) is 10.2 Å². The molecule has 1 aliphatic rings. The fourth-order valence-electron chi connectivity index (χ4n) is 1.74. The summed E-state index contributed by atoms with van der Waals surface area (Å²) in [6.45, 7) is 1.31. The second-order valence-corrected chi connectivity index (χ2v) is 4.97. The molecule has 1 heterocycles. The minimum atomic E-state index is -0.436. The number of halogens is 1. The van der Waals surface area contributed by atoms with E-state index in [1.54, 1.807) is 12.1 Å². The number of nitrogens with one attached hydrogen (secondary N) is 3. The number of rotatable bonds is 3. The van der Waals surface area contributed by atoms with Gasteiger partial charge in [-0.15, -0.1) is 0 Å². The third-order valence-corrected chi connectivity index (χ3v) is 3.18. The number of hydrogen-bond acceptors (Lipinski definition) is 3. The Bertz CT molecular complexity index is 447. The highest BCUT2D eigenvalue weighted by molar-refractivity contribution is 9.10. The van der Waals surface area contributed by atoms with E-state index in [1.165, 1.54) is 0 Å². The van der Waals surface area contributed by atoms with Gasteiger partial charge >= 0.3 is 0 Å². The third kappa shape index (κ3) is 3.54. The Balaban J connectivity index is 1.88. The zero-order chi connectivity index (χ0) is 13.0. The van der Waals surface area contributed by atoms with Crippen LogP contribution in [0.1, 0.15) is 6.42 Å². The van der Waals surface area contributed by atoms with Crippen LogP contribution in [0.25, 0.3) is 0 Å². The van der Waals surface area contributed by atoms with E-state index in [0.29, 0.717) is 13.1 Å². The van der Waals surface area contributed by atoms with Crippen LogP contribution in [0.3, 0.4) is 0 Å². The fraction of sp³-hybridized carbons (Fsp3) is 0.333. The largest absolute Gasteiger partial charge is 0.353 e. The van der Waals surface area contributed by atoms with Gasteiger partial charge in [-0.3, -0.25) is 9.59 Å². The van der Waals surface area contributed by atoms with Crippen LogP contribution in [0, 0.1) is 0 Å². The molecule has 1 fully saturated rings. The van der Waals surface area contributed by atoms with Crippen molar-refractivity contribution >= 4 is 33.4 Å². The van der Waals surface area contributed by atoms with Gasteiger partial charge in [0, 0.05) is 23.2 Å². The maximum Gasteiger partial charge on any atom is 0.237 e. The molecule has 0 unspecified atom stereocenters. The molecule has 0 spiro atoms. The van der Waals surface area contributed by atoms with Gasteiger partial charge in [0.1, 0.15) is 0 Å². The summed E-state index contributed by atoms with van der Waals surface area (Å²) in [6.07, 6.45) is 0.141. The quantitative estimate of drug-likeness (QED) is 0.775. The van der Waals surface area contributed by atoms with Crippen molar-refractivity contribution in [3.8, 4) is 0 Å². The van der Waals surface area contributed by atoms with Crippen LogP contribution < -0.4 is 16.0 Å². The van der Waals surface area contributed by atoms with E-state index in [9.17, 15) is 9.59 Å². The Morgan fingerprint density at radius 1 is 1.33 bits per heavy atom. The normalized spacial score (nSPS) is 19.2. The van der Waals surface area contributed by atoms with Crippen molar-refractivity contribution in [2.45, 2.75) is 12.5 Å². The molecule has 1 aromatic carbocycles. The second-order valence-electron chi connectivity index (χ2n) is 4.06. The summed E-state index contributed by atoms with van der Waals surface area (Å²) in [5, 5.41) is 8.49. The lowest BCUT2D eigenvalue weighted by Crippen LogP contribution is -2.53. The fourth-order valence-corrected chi connectivity index (χ4v) is 2.01. The van der Waals surface area contributed by atoms with Crippen LogP contribution in [0.15, 0.2) is 28.7 Å². The van der Waals surface area contributed by atoms with Gasteiger partial charge in [-0.05, 0) is 24.3 Å². The Kier molecular flexibility index (Phi) is 4.33. The summed E-state index contributed by atoms with van der Waals surface area (Å²) in [5.74, 6) is -0.293. The van der Waals surface area contributed by atoms with Gasteiger partial charge in [-0.25, -0.2) is 0 Å². The number of anilines is 1. The molecule has 96 valence electrons. The van der Waals surface area contributed by atoms with Gasteiger partial charge < -0.3 is 16.0 Å². The standard InChI is InChI=1S/C12H14BrN3O2/c13-8-1-3-9(4-2-8)16-11(17)7-10-12(18)15-6-5-14-10/h1-4,10,14H,5-7H2,(H,15,18)(H,16,17)/t10-/m1/s1. The highest BCUT2D eigenvalue weighted by atomic mass is 79.9. The molecule has 3 N–H and O–H groups in total. The zero-order valence-corrected chi connectivity index (χ0v) is 11.3. The van der Waals surface area contributed by atoms with Gasteiger partial charge in [0.05, 0.1) is 12.5 Å². The highest BCUT2D eigenvalue weighted by Crippen LogP contribution is 2.14. The molecular weight excluding hydrogens is 298 g/mol. The topological polar surface area (TPSA) is 70.2 Å². The Labute approximate surface area is 113 Å². The summed E-state index contributed by atoms with van der Waals surface area (Å²) in [4.78, 5) is 23.2. The lowest BCUT2D eigenvalue weighted by Gasteiger charge is -2.22. The van der Waals surface area contributed by atoms with Crippen LogP contribution in [-0.4, -0.2) is 30.9 Å². The number of carbonyl (C=O) groups excluding carboxylic acids is 2. The van der Waals surface area contributed by atoms with Crippen LogP contribution in [0.4, 0.5) is 5.69 Å². The van der Waals surface area contributed by atoms with Gasteiger partial charge in [0.2, 0.25) is 11.8 Å². The van der Waals surface area contributed by atoms with Crippen LogP contribution >= 0.6 is 15.9 Å². The van der Waals surface area contributed by atoms with Gasteiger partial charge in [0.25, 0.3) is 0 Å². The molecular formula is C12H14BrN3O2. The monoisotopic (exact) mass is 311 g/mol. The molecule has 1 aromatic rings. The molecule has 2 amide bonds. The molecule has 1 saturated heterocycles. The van der Waals surface area contributed by atoms with Crippen LogP contribution in [0.5, 0.6) is 0 Å². The van der Waals surface area contributed by atoms with Crippen molar-refractivity contribution in [2.75, 3.05) is 18.4 Å². The molecule has 1 atom stereocenters. The first kappa shape index (κ1) is 13.0. The molecule has 6 heteroatoms. The van der Waals surface area contributed by atoms with Crippen molar-refractivity contribution in [3.63, 3.8) is 0 Å². The summed E-state index contributed by atoms with van der Waals surface area (Å²) >= 11 is 3.32. The molecule has 1 aliphatic heterocycles. The van der Waals surface area contributed by atoms with Crippen LogP contribution in [-0.2, 0) is 9.59 Å². The minimum absolute atomic E-state index is 0.118. The number of amides is 2. The van der Waals surface area contributed by atoms with Crippen LogP contribution in [0.2, 0.25) is 0 Å². The molecule has 0 bridgehead atoms. The summed E-state index contributed by atoms with van der Waals surface area (Å²) in [6, 6.07) is 6.86. The zero-order valence-electron chi connectivity index (χ0n) is 9.70. The first-order chi connectivity index (χ1) is 8.65. The molecule has 0 radical (unpaired) electrons. The van der Waals surface area contributed by atoms with E-state index in [-0.39, 0.29) is 18.2 Å². The van der Waals surface area contributed by atoms with Crippen molar-refractivity contribution in [1.82, 2.24) is 10.6 Å². The first-order valence-electron chi connectivity index (χ1n) is 5.71. The summed E-state index contributed by atoms with van der Waals surface area (Å²) in [5.41, 5.74) is 0.722. The molecule has 18 heavy (non-hydrogen) atoms. The van der Waals surface area contributed by atoms with E-state index in [4.69, 9.17) is 0 Å². The predicted molar refractivity (Wildman–Crippen MR) is 72.2 cm³/mol.